The minimum Gasteiger partial charge on any atom is -0.360 e. The van der Waals surface area contributed by atoms with Gasteiger partial charge in [0.1, 0.15) is 0 Å². The topological polar surface area (TPSA) is 57.2 Å². The first-order chi connectivity index (χ1) is 11.2. The highest BCUT2D eigenvalue weighted by Crippen LogP contribution is 2.17. The molecular formula is C18H16ClN3O. The first-order valence-corrected chi connectivity index (χ1v) is 7.76. The van der Waals surface area contributed by atoms with Crippen LogP contribution in [0.25, 0.3) is 10.9 Å². The van der Waals surface area contributed by atoms with Gasteiger partial charge in [-0.25, -0.2) is 5.43 Å². The number of aromatic nitrogens is 1. The first-order valence-electron chi connectivity index (χ1n) is 7.38. The number of para-hydroxylation sites is 1. The summed E-state index contributed by atoms with van der Waals surface area (Å²) in [5, 5.41) is 5.78. The van der Waals surface area contributed by atoms with Crippen LogP contribution in [0.4, 0.5) is 0 Å². The molecule has 0 radical (unpaired) electrons. The minimum atomic E-state index is -0.240. The Kier molecular flexibility index (Phi) is 4.44. The fourth-order valence-electron chi connectivity index (χ4n) is 2.45. The second-order valence-corrected chi connectivity index (χ2v) is 5.55. The van der Waals surface area contributed by atoms with Gasteiger partial charge in [-0.2, -0.15) is 5.10 Å². The zero-order chi connectivity index (χ0) is 16.2. The maximum atomic E-state index is 12.4. The Balaban J connectivity index is 1.84. The van der Waals surface area contributed by atoms with Crippen molar-refractivity contribution >= 4 is 34.1 Å². The van der Waals surface area contributed by atoms with Gasteiger partial charge in [0, 0.05) is 22.1 Å². The number of rotatable bonds is 4. The summed E-state index contributed by atoms with van der Waals surface area (Å²) in [5.74, 6) is -0.240. The summed E-state index contributed by atoms with van der Waals surface area (Å²) in [7, 11) is 0. The van der Waals surface area contributed by atoms with Crippen molar-refractivity contribution in [3.8, 4) is 0 Å². The smallest absolute Gasteiger partial charge is 0.273 e. The summed E-state index contributed by atoms with van der Waals surface area (Å²) in [6, 6.07) is 15.1. The zero-order valence-corrected chi connectivity index (χ0v) is 13.4. The van der Waals surface area contributed by atoms with Gasteiger partial charge >= 0.3 is 0 Å². The number of hydrazone groups is 1. The van der Waals surface area contributed by atoms with E-state index in [-0.39, 0.29) is 5.91 Å². The fourth-order valence-corrected chi connectivity index (χ4v) is 2.64. The van der Waals surface area contributed by atoms with Crippen LogP contribution in [0.3, 0.4) is 0 Å². The summed E-state index contributed by atoms with van der Waals surface area (Å²) in [4.78, 5) is 15.5. The van der Waals surface area contributed by atoms with Crippen molar-refractivity contribution in [2.45, 2.75) is 13.3 Å². The number of nitrogens with one attached hydrogen (secondary N) is 2. The number of amides is 1. The predicted octanol–water partition coefficient (Wildman–Crippen LogP) is 4.37. The number of benzene rings is 2. The molecule has 0 unspecified atom stereocenters. The first kappa shape index (κ1) is 15.3. The largest absolute Gasteiger partial charge is 0.360 e. The van der Waals surface area contributed by atoms with E-state index in [4.69, 9.17) is 11.6 Å². The molecule has 2 aromatic carbocycles. The lowest BCUT2D eigenvalue weighted by Crippen LogP contribution is -2.19. The highest BCUT2D eigenvalue weighted by atomic mass is 35.5. The van der Waals surface area contributed by atoms with Crippen LogP contribution in [0.15, 0.2) is 59.8 Å². The van der Waals surface area contributed by atoms with Gasteiger partial charge in [-0.1, -0.05) is 48.9 Å². The highest BCUT2D eigenvalue weighted by molar-refractivity contribution is 6.31. The van der Waals surface area contributed by atoms with Gasteiger partial charge in [0.15, 0.2) is 0 Å². The Labute approximate surface area is 139 Å². The molecular weight excluding hydrogens is 310 g/mol. The lowest BCUT2D eigenvalue weighted by Gasteiger charge is -2.05. The van der Waals surface area contributed by atoms with Gasteiger partial charge in [-0.3, -0.25) is 4.79 Å². The number of nitrogens with zero attached hydrogens (tertiary/aromatic N) is 1. The molecule has 0 spiro atoms. The molecule has 0 aliphatic heterocycles. The van der Waals surface area contributed by atoms with Gasteiger partial charge in [-0.15, -0.1) is 0 Å². The molecule has 0 aliphatic rings. The molecule has 2 N–H and O–H groups in total. The van der Waals surface area contributed by atoms with E-state index in [1.54, 1.807) is 6.20 Å². The van der Waals surface area contributed by atoms with E-state index >= 15 is 0 Å². The van der Waals surface area contributed by atoms with Gasteiger partial charge in [0.05, 0.1) is 11.3 Å². The second kappa shape index (κ2) is 6.67. The Hall–Kier alpha value is -2.59. The van der Waals surface area contributed by atoms with Gasteiger partial charge in [-0.05, 0) is 30.2 Å². The van der Waals surface area contributed by atoms with Crippen molar-refractivity contribution in [3.05, 3.63) is 70.9 Å². The minimum absolute atomic E-state index is 0.240. The second-order valence-electron chi connectivity index (χ2n) is 5.11. The number of aromatic amines is 1. The number of H-pyrrole nitrogens is 1. The average molecular weight is 326 g/mol. The number of hydrogen-bond donors (Lipinski definition) is 2. The molecule has 0 bridgehead atoms. The van der Waals surface area contributed by atoms with Crippen LogP contribution in [0.2, 0.25) is 5.02 Å². The van der Waals surface area contributed by atoms with Gasteiger partial charge in [0.25, 0.3) is 5.91 Å². The van der Waals surface area contributed by atoms with E-state index in [9.17, 15) is 4.79 Å². The predicted molar refractivity (Wildman–Crippen MR) is 94.0 cm³/mol. The van der Waals surface area contributed by atoms with E-state index < -0.39 is 0 Å². The summed E-state index contributed by atoms with van der Waals surface area (Å²) in [6.07, 6.45) is 2.38. The van der Waals surface area contributed by atoms with Crippen LogP contribution >= 0.6 is 11.6 Å². The van der Waals surface area contributed by atoms with Crippen molar-refractivity contribution in [1.82, 2.24) is 10.4 Å². The maximum Gasteiger partial charge on any atom is 0.273 e. The SMILES string of the molecule is CC/C(=N\NC(=O)c1c[nH]c2ccccc12)c1cccc(Cl)c1. The number of fused-ring (bicyclic) bond motifs is 1. The standard InChI is InChI=1S/C18H16ClN3O/c1-2-16(12-6-5-7-13(19)10-12)21-22-18(23)15-11-20-17-9-4-3-8-14(15)17/h3-11,20H,2H2,1H3,(H,22,23)/b21-16+. The van der Waals surface area contributed by atoms with E-state index in [0.717, 1.165) is 22.2 Å². The summed E-state index contributed by atoms with van der Waals surface area (Å²) < 4.78 is 0. The van der Waals surface area contributed by atoms with Crippen LogP contribution in [0, 0.1) is 0 Å². The number of carbonyl (C=O) groups is 1. The van der Waals surface area contributed by atoms with E-state index in [1.807, 2.05) is 55.5 Å². The molecule has 23 heavy (non-hydrogen) atoms. The Morgan fingerprint density at radius 1 is 1.22 bits per heavy atom. The van der Waals surface area contributed by atoms with Crippen LogP contribution in [-0.4, -0.2) is 16.6 Å². The molecule has 1 aromatic heterocycles. The molecule has 5 heteroatoms. The van der Waals surface area contributed by atoms with Crippen LogP contribution in [-0.2, 0) is 0 Å². The zero-order valence-electron chi connectivity index (χ0n) is 12.6. The summed E-state index contributed by atoms with van der Waals surface area (Å²) in [6.45, 7) is 1.98. The highest BCUT2D eigenvalue weighted by Gasteiger charge is 2.11. The molecule has 0 aliphatic carbocycles. The molecule has 0 saturated heterocycles. The van der Waals surface area contributed by atoms with Crippen LogP contribution in [0.1, 0.15) is 29.3 Å². The van der Waals surface area contributed by atoms with E-state index in [0.29, 0.717) is 17.0 Å². The van der Waals surface area contributed by atoms with E-state index in [1.165, 1.54) is 0 Å². The number of carbonyl (C=O) groups excluding carboxylic acids is 1. The maximum absolute atomic E-state index is 12.4. The molecule has 3 aromatic rings. The van der Waals surface area contributed by atoms with Crippen molar-refractivity contribution in [1.29, 1.82) is 0 Å². The fraction of sp³-hybridized carbons (Fsp3) is 0.111. The third-order valence-corrected chi connectivity index (χ3v) is 3.85. The lowest BCUT2D eigenvalue weighted by molar-refractivity contribution is 0.0956. The Morgan fingerprint density at radius 3 is 2.83 bits per heavy atom. The molecule has 1 amide bonds. The monoisotopic (exact) mass is 325 g/mol. The number of halogens is 1. The van der Waals surface area contributed by atoms with Gasteiger partial charge in [0.2, 0.25) is 0 Å². The molecule has 116 valence electrons. The van der Waals surface area contributed by atoms with Crippen molar-refractivity contribution in [2.24, 2.45) is 5.10 Å². The summed E-state index contributed by atoms with van der Waals surface area (Å²) in [5.41, 5.74) is 5.81. The number of hydrogen-bond acceptors (Lipinski definition) is 2. The normalized spacial score (nSPS) is 11.7. The summed E-state index contributed by atoms with van der Waals surface area (Å²) >= 11 is 6.01. The quantitative estimate of drug-likeness (QED) is 0.543. The van der Waals surface area contributed by atoms with Crippen molar-refractivity contribution in [2.75, 3.05) is 0 Å². The van der Waals surface area contributed by atoms with Crippen LogP contribution in [0.5, 0.6) is 0 Å². The average Bonchev–Trinajstić information content (AvgIpc) is 2.99. The van der Waals surface area contributed by atoms with Gasteiger partial charge < -0.3 is 4.98 Å². The molecule has 1 heterocycles. The lowest BCUT2D eigenvalue weighted by atomic mass is 10.1. The van der Waals surface area contributed by atoms with Crippen LogP contribution < -0.4 is 5.43 Å². The molecule has 0 atom stereocenters. The third-order valence-electron chi connectivity index (χ3n) is 3.62. The van der Waals surface area contributed by atoms with Crippen molar-refractivity contribution < 1.29 is 4.79 Å². The molecule has 0 fully saturated rings. The third kappa shape index (κ3) is 3.27. The Bertz CT molecular complexity index is 883. The molecule has 0 saturated carbocycles. The Morgan fingerprint density at radius 2 is 2.04 bits per heavy atom. The van der Waals surface area contributed by atoms with E-state index in [2.05, 4.69) is 15.5 Å². The molecule has 4 nitrogen and oxygen atoms in total. The molecule has 3 rings (SSSR count). The van der Waals surface area contributed by atoms with Crippen molar-refractivity contribution in [3.63, 3.8) is 0 Å².